The average molecular weight is 196 g/mol. The van der Waals surface area contributed by atoms with E-state index in [1.54, 1.807) is 7.11 Å². The maximum absolute atomic E-state index is 5.43. The van der Waals surface area contributed by atoms with Crippen molar-refractivity contribution in [2.45, 2.75) is 13.0 Å². The van der Waals surface area contributed by atoms with Gasteiger partial charge in [-0.3, -0.25) is 0 Å². The van der Waals surface area contributed by atoms with E-state index in [0.717, 1.165) is 13.2 Å². The number of halogens is 1. The molecule has 0 aromatic heterocycles. The molecule has 4 heteroatoms. The third-order valence-corrected chi connectivity index (χ3v) is 1.53. The van der Waals surface area contributed by atoms with Crippen LogP contribution in [0, 0.1) is 0 Å². The fraction of sp³-hybridized carbons (Fsp3) is 1.00. The highest BCUT2D eigenvalue weighted by atomic mass is 35.5. The third-order valence-electron chi connectivity index (χ3n) is 1.38. The zero-order valence-electron chi connectivity index (χ0n) is 7.81. The predicted molar refractivity (Wildman–Crippen MR) is 50.9 cm³/mol. The molecule has 0 heterocycles. The Balaban J connectivity index is 2.97. The van der Waals surface area contributed by atoms with Gasteiger partial charge in [0.05, 0.1) is 19.8 Å². The molecule has 0 aromatic carbocycles. The molecule has 0 bridgehead atoms. The Morgan fingerprint density at radius 2 is 2.17 bits per heavy atom. The molecule has 3 nitrogen and oxygen atoms in total. The van der Waals surface area contributed by atoms with Crippen LogP contribution >= 0.6 is 11.6 Å². The summed E-state index contributed by atoms with van der Waals surface area (Å²) in [5, 5.41) is 3.25. The van der Waals surface area contributed by atoms with Gasteiger partial charge in [-0.2, -0.15) is 0 Å². The maximum Gasteiger partial charge on any atom is 0.0613 e. The molecule has 74 valence electrons. The molecule has 1 atom stereocenters. The summed E-state index contributed by atoms with van der Waals surface area (Å²) >= 11 is 5.43. The summed E-state index contributed by atoms with van der Waals surface area (Å²) in [4.78, 5) is 0. The van der Waals surface area contributed by atoms with E-state index in [1.807, 2.05) is 0 Å². The number of hydrogen-bond donors (Lipinski definition) is 1. The Morgan fingerprint density at radius 1 is 1.42 bits per heavy atom. The maximum atomic E-state index is 5.43. The van der Waals surface area contributed by atoms with Crippen LogP contribution in [-0.4, -0.2) is 45.4 Å². The van der Waals surface area contributed by atoms with Crippen LogP contribution in [0.25, 0.3) is 0 Å². The summed E-state index contributed by atoms with van der Waals surface area (Å²) in [5.41, 5.74) is 0. The fourth-order valence-corrected chi connectivity index (χ4v) is 0.952. The van der Waals surface area contributed by atoms with Gasteiger partial charge in [0, 0.05) is 25.6 Å². The Hall–Kier alpha value is 0.170. The van der Waals surface area contributed by atoms with E-state index < -0.39 is 0 Å². The molecule has 0 amide bonds. The normalized spacial score (nSPS) is 13.2. The summed E-state index contributed by atoms with van der Waals surface area (Å²) in [7, 11) is 1.70. The molecule has 0 aliphatic carbocycles. The SMILES string of the molecule is COCC(C)NCCOCCCl. The molecule has 1 unspecified atom stereocenters. The quantitative estimate of drug-likeness (QED) is 0.461. The lowest BCUT2D eigenvalue weighted by Gasteiger charge is -2.12. The molecule has 0 rings (SSSR count). The minimum atomic E-state index is 0.384. The molecule has 0 aliphatic heterocycles. The van der Waals surface area contributed by atoms with E-state index in [9.17, 15) is 0 Å². The van der Waals surface area contributed by atoms with E-state index in [2.05, 4.69) is 12.2 Å². The van der Waals surface area contributed by atoms with Crippen LogP contribution in [0.15, 0.2) is 0 Å². The van der Waals surface area contributed by atoms with Crippen molar-refractivity contribution >= 4 is 11.6 Å². The lowest BCUT2D eigenvalue weighted by Crippen LogP contribution is -2.32. The van der Waals surface area contributed by atoms with Gasteiger partial charge in [0.25, 0.3) is 0 Å². The molecule has 0 aromatic rings. The largest absolute Gasteiger partial charge is 0.383 e. The Morgan fingerprint density at radius 3 is 2.75 bits per heavy atom. The first-order valence-electron chi connectivity index (χ1n) is 4.17. The van der Waals surface area contributed by atoms with Gasteiger partial charge in [0.2, 0.25) is 0 Å². The topological polar surface area (TPSA) is 30.5 Å². The summed E-state index contributed by atoms with van der Waals surface area (Å²) in [6.45, 7) is 4.99. The predicted octanol–water partition coefficient (Wildman–Crippen LogP) is 0.866. The summed E-state index contributed by atoms with van der Waals surface area (Å²) in [6, 6.07) is 0.384. The molecule has 0 saturated heterocycles. The van der Waals surface area contributed by atoms with Crippen LogP contribution in [0.4, 0.5) is 0 Å². The number of nitrogens with one attached hydrogen (secondary N) is 1. The molecule has 0 fully saturated rings. The van der Waals surface area contributed by atoms with Crippen molar-refractivity contribution in [3.05, 3.63) is 0 Å². The molecular weight excluding hydrogens is 178 g/mol. The number of hydrogen-bond acceptors (Lipinski definition) is 3. The second kappa shape index (κ2) is 9.26. The number of alkyl halides is 1. The molecule has 12 heavy (non-hydrogen) atoms. The highest BCUT2D eigenvalue weighted by Gasteiger charge is 1.97. The molecule has 0 aliphatic rings. The lowest BCUT2D eigenvalue weighted by molar-refractivity contribution is 0.136. The van der Waals surface area contributed by atoms with Gasteiger partial charge < -0.3 is 14.8 Å². The van der Waals surface area contributed by atoms with Crippen LogP contribution in [0.3, 0.4) is 0 Å². The van der Waals surface area contributed by atoms with Crippen LogP contribution in [0.1, 0.15) is 6.92 Å². The van der Waals surface area contributed by atoms with E-state index in [0.29, 0.717) is 25.1 Å². The highest BCUT2D eigenvalue weighted by molar-refractivity contribution is 6.17. The molecule has 1 N–H and O–H groups in total. The molecule has 0 spiro atoms. The summed E-state index contributed by atoms with van der Waals surface area (Å²) < 4.78 is 10.1. The Labute approximate surface area is 79.4 Å². The summed E-state index contributed by atoms with van der Waals surface area (Å²) in [5.74, 6) is 0.563. The second-order valence-corrected chi connectivity index (χ2v) is 2.99. The summed E-state index contributed by atoms with van der Waals surface area (Å²) in [6.07, 6.45) is 0. The van der Waals surface area contributed by atoms with Gasteiger partial charge in [-0.1, -0.05) is 0 Å². The minimum absolute atomic E-state index is 0.384. The zero-order chi connectivity index (χ0) is 9.23. The van der Waals surface area contributed by atoms with Crippen molar-refractivity contribution in [3.8, 4) is 0 Å². The van der Waals surface area contributed by atoms with E-state index in [1.165, 1.54) is 0 Å². The number of methoxy groups -OCH3 is 1. The van der Waals surface area contributed by atoms with Gasteiger partial charge in [-0.15, -0.1) is 11.6 Å². The van der Waals surface area contributed by atoms with Gasteiger partial charge in [0.1, 0.15) is 0 Å². The van der Waals surface area contributed by atoms with Gasteiger partial charge in [0.15, 0.2) is 0 Å². The van der Waals surface area contributed by atoms with Gasteiger partial charge >= 0.3 is 0 Å². The van der Waals surface area contributed by atoms with Crippen LogP contribution in [0.2, 0.25) is 0 Å². The molecule has 0 saturated carbocycles. The second-order valence-electron chi connectivity index (χ2n) is 2.61. The lowest BCUT2D eigenvalue weighted by atomic mass is 10.3. The van der Waals surface area contributed by atoms with Crippen molar-refractivity contribution in [2.24, 2.45) is 0 Å². The first-order chi connectivity index (χ1) is 5.81. The highest BCUT2D eigenvalue weighted by Crippen LogP contribution is 1.82. The van der Waals surface area contributed by atoms with Gasteiger partial charge in [-0.05, 0) is 6.92 Å². The first-order valence-corrected chi connectivity index (χ1v) is 4.70. The van der Waals surface area contributed by atoms with Crippen LogP contribution in [0.5, 0.6) is 0 Å². The average Bonchev–Trinajstić information content (AvgIpc) is 2.05. The van der Waals surface area contributed by atoms with Gasteiger partial charge in [-0.25, -0.2) is 0 Å². The minimum Gasteiger partial charge on any atom is -0.383 e. The van der Waals surface area contributed by atoms with E-state index >= 15 is 0 Å². The first kappa shape index (κ1) is 12.2. The fourth-order valence-electron chi connectivity index (χ4n) is 0.843. The monoisotopic (exact) mass is 195 g/mol. The van der Waals surface area contributed by atoms with E-state index in [4.69, 9.17) is 21.1 Å². The molecular formula is C8H18ClNO2. The van der Waals surface area contributed by atoms with Crippen LogP contribution in [-0.2, 0) is 9.47 Å². The smallest absolute Gasteiger partial charge is 0.0613 e. The van der Waals surface area contributed by atoms with Crippen molar-refractivity contribution in [1.29, 1.82) is 0 Å². The third kappa shape index (κ3) is 8.27. The number of rotatable bonds is 8. The van der Waals surface area contributed by atoms with Crippen molar-refractivity contribution in [3.63, 3.8) is 0 Å². The Bertz CT molecular complexity index is 93.1. The standard InChI is InChI=1S/C8H18ClNO2/c1-8(7-11-2)10-4-6-12-5-3-9/h8,10H,3-7H2,1-2H3. The molecule has 0 radical (unpaired) electrons. The Kier molecular flexibility index (Phi) is 9.39. The van der Waals surface area contributed by atoms with Crippen LogP contribution < -0.4 is 5.32 Å². The van der Waals surface area contributed by atoms with Crippen molar-refractivity contribution in [1.82, 2.24) is 5.32 Å². The number of ether oxygens (including phenoxy) is 2. The van der Waals surface area contributed by atoms with Crippen molar-refractivity contribution < 1.29 is 9.47 Å². The van der Waals surface area contributed by atoms with E-state index in [-0.39, 0.29) is 0 Å². The van der Waals surface area contributed by atoms with Crippen molar-refractivity contribution in [2.75, 3.05) is 39.4 Å². The zero-order valence-corrected chi connectivity index (χ0v) is 8.56.